The number of aryl methyl sites for hydroxylation is 1. The lowest BCUT2D eigenvalue weighted by Crippen LogP contribution is -2.28. The van der Waals surface area contributed by atoms with Gasteiger partial charge in [-0.05, 0) is 25.1 Å². The van der Waals surface area contributed by atoms with Crippen molar-refractivity contribution in [3.63, 3.8) is 0 Å². The number of benzene rings is 1. The van der Waals surface area contributed by atoms with Gasteiger partial charge in [0.15, 0.2) is 20.5 Å². The van der Waals surface area contributed by atoms with Gasteiger partial charge in [0.05, 0.1) is 16.8 Å². The van der Waals surface area contributed by atoms with Gasteiger partial charge in [0.2, 0.25) is 5.91 Å². The van der Waals surface area contributed by atoms with Crippen LogP contribution in [-0.2, 0) is 26.0 Å². The van der Waals surface area contributed by atoms with E-state index in [9.17, 15) is 18.0 Å². The molecule has 1 N–H and O–H groups in total. The molecule has 2 aromatic heterocycles. The third-order valence-corrected chi connectivity index (χ3v) is 6.63. The van der Waals surface area contributed by atoms with E-state index in [1.54, 1.807) is 11.5 Å². The van der Waals surface area contributed by atoms with Gasteiger partial charge >= 0.3 is 0 Å². The Morgan fingerprint density at radius 2 is 2.13 bits per heavy atom. The van der Waals surface area contributed by atoms with Crippen molar-refractivity contribution in [2.45, 2.75) is 13.5 Å². The first-order valence-electron chi connectivity index (χ1n) is 8.40. The third-order valence-electron chi connectivity index (χ3n) is 3.70. The van der Waals surface area contributed by atoms with E-state index in [-0.39, 0.29) is 17.2 Å². The number of fused-ring (bicyclic) bond motifs is 1. The Kier molecular flexibility index (Phi) is 6.55. The van der Waals surface area contributed by atoms with Gasteiger partial charge in [0.1, 0.15) is 17.3 Å². The highest BCUT2D eigenvalue weighted by atomic mass is 79.9. The second-order valence-corrected chi connectivity index (χ2v) is 10.2. The first-order chi connectivity index (χ1) is 14.2. The van der Waals surface area contributed by atoms with Gasteiger partial charge < -0.3 is 14.4 Å². The predicted molar refractivity (Wildman–Crippen MR) is 115 cm³/mol. The lowest BCUT2D eigenvalue weighted by molar-refractivity contribution is -0.115. The maximum absolute atomic E-state index is 12.3. The Morgan fingerprint density at radius 1 is 1.37 bits per heavy atom. The molecule has 0 atom stereocenters. The van der Waals surface area contributed by atoms with Crippen LogP contribution < -0.4 is 10.1 Å². The SMILES string of the molecule is C#CCn1c(=NC(=O)CS(=O)(=O)CC(=O)Nc2cc(C)on2)sc2cc(Br)ccc21. The summed E-state index contributed by atoms with van der Waals surface area (Å²) in [4.78, 5) is 28.4. The van der Waals surface area contributed by atoms with Gasteiger partial charge in [0.25, 0.3) is 5.91 Å². The standard InChI is InChI=1S/C18H15BrN4O5S2/c1-3-6-23-13-5-4-12(19)8-14(13)29-18(23)21-17(25)10-30(26,27)9-16(24)20-15-7-11(2)28-22-15/h1,4-5,7-8H,6,9-10H2,2H3,(H,20,22,24). The Morgan fingerprint density at radius 3 is 2.80 bits per heavy atom. The Balaban J connectivity index is 1.78. The largest absolute Gasteiger partial charge is 0.360 e. The Labute approximate surface area is 183 Å². The number of carbonyl (C=O) groups excluding carboxylic acids is 2. The number of sulfone groups is 1. The molecule has 3 rings (SSSR count). The molecule has 0 fully saturated rings. The van der Waals surface area contributed by atoms with Crippen molar-refractivity contribution in [2.24, 2.45) is 4.99 Å². The first kappa shape index (κ1) is 21.9. The van der Waals surface area contributed by atoms with Crippen molar-refractivity contribution in [1.29, 1.82) is 0 Å². The number of nitrogens with zero attached hydrogens (tertiary/aromatic N) is 3. The quantitative estimate of drug-likeness (QED) is 0.504. The van der Waals surface area contributed by atoms with E-state index in [0.717, 1.165) is 14.7 Å². The third kappa shape index (κ3) is 5.44. The Hall–Kier alpha value is -2.75. The maximum atomic E-state index is 12.3. The molecule has 12 heteroatoms. The Bertz CT molecular complexity index is 1340. The minimum absolute atomic E-state index is 0.0930. The van der Waals surface area contributed by atoms with Crippen molar-refractivity contribution >= 4 is 65.0 Å². The van der Waals surface area contributed by atoms with Crippen molar-refractivity contribution in [3.8, 4) is 12.3 Å². The zero-order valence-electron chi connectivity index (χ0n) is 15.6. The number of halogens is 1. The zero-order valence-corrected chi connectivity index (χ0v) is 18.8. The van der Waals surface area contributed by atoms with Crippen LogP contribution in [0.5, 0.6) is 0 Å². The summed E-state index contributed by atoms with van der Waals surface area (Å²) < 4.78 is 32.6. The van der Waals surface area contributed by atoms with E-state index in [4.69, 9.17) is 10.9 Å². The highest BCUT2D eigenvalue weighted by Gasteiger charge is 2.22. The summed E-state index contributed by atoms with van der Waals surface area (Å²) in [5.74, 6) is -0.475. The topological polar surface area (TPSA) is 124 Å². The van der Waals surface area contributed by atoms with Crippen molar-refractivity contribution in [3.05, 3.63) is 39.3 Å². The first-order valence-corrected chi connectivity index (χ1v) is 11.8. The van der Waals surface area contributed by atoms with Crippen LogP contribution >= 0.6 is 27.3 Å². The molecule has 0 bridgehead atoms. The molecule has 0 spiro atoms. The van der Waals surface area contributed by atoms with Crippen LogP contribution in [-0.4, -0.2) is 41.5 Å². The zero-order chi connectivity index (χ0) is 21.9. The summed E-state index contributed by atoms with van der Waals surface area (Å²) in [5.41, 5.74) is 0.776. The molecule has 2 amide bonds. The van der Waals surface area contributed by atoms with Crippen LogP contribution in [0.2, 0.25) is 0 Å². The highest BCUT2D eigenvalue weighted by Crippen LogP contribution is 2.22. The van der Waals surface area contributed by atoms with Gasteiger partial charge in [-0.1, -0.05) is 38.3 Å². The molecule has 1 aromatic carbocycles. The maximum Gasteiger partial charge on any atom is 0.263 e. The second kappa shape index (κ2) is 8.95. The average Bonchev–Trinajstić information content (AvgIpc) is 3.17. The fraction of sp³-hybridized carbons (Fsp3) is 0.222. The smallest absolute Gasteiger partial charge is 0.263 e. The van der Waals surface area contributed by atoms with Gasteiger partial charge in [0, 0.05) is 10.5 Å². The monoisotopic (exact) mass is 510 g/mol. The molecule has 0 radical (unpaired) electrons. The van der Waals surface area contributed by atoms with E-state index < -0.39 is 33.2 Å². The lowest BCUT2D eigenvalue weighted by Gasteiger charge is -2.02. The molecule has 2 heterocycles. The van der Waals surface area contributed by atoms with E-state index in [0.29, 0.717) is 5.76 Å². The van der Waals surface area contributed by atoms with Gasteiger partial charge in [-0.3, -0.25) is 9.59 Å². The molecule has 30 heavy (non-hydrogen) atoms. The van der Waals surface area contributed by atoms with Crippen molar-refractivity contribution in [1.82, 2.24) is 9.72 Å². The van der Waals surface area contributed by atoms with E-state index in [1.807, 2.05) is 18.2 Å². The molecule has 0 aliphatic carbocycles. The summed E-state index contributed by atoms with van der Waals surface area (Å²) >= 11 is 4.58. The van der Waals surface area contributed by atoms with E-state index in [1.165, 1.54) is 17.4 Å². The van der Waals surface area contributed by atoms with Gasteiger partial charge in [-0.2, -0.15) is 4.99 Å². The summed E-state index contributed by atoms with van der Waals surface area (Å²) in [6.07, 6.45) is 5.41. The number of terminal acetylenes is 1. The van der Waals surface area contributed by atoms with Crippen LogP contribution in [0.25, 0.3) is 10.2 Å². The van der Waals surface area contributed by atoms with Crippen LogP contribution in [0.4, 0.5) is 5.82 Å². The summed E-state index contributed by atoms with van der Waals surface area (Å²) in [6.45, 7) is 1.79. The predicted octanol–water partition coefficient (Wildman–Crippen LogP) is 1.88. The molecule has 0 saturated heterocycles. The summed E-state index contributed by atoms with van der Waals surface area (Å²) in [6, 6.07) is 6.94. The average molecular weight is 511 g/mol. The number of hydrogen-bond donors (Lipinski definition) is 1. The fourth-order valence-corrected chi connectivity index (χ4v) is 5.17. The minimum Gasteiger partial charge on any atom is -0.360 e. The van der Waals surface area contributed by atoms with Crippen LogP contribution in [0.3, 0.4) is 0 Å². The number of amides is 2. The number of hydrogen-bond acceptors (Lipinski definition) is 7. The number of nitrogens with one attached hydrogen (secondary N) is 1. The molecule has 0 saturated carbocycles. The van der Waals surface area contributed by atoms with Gasteiger partial charge in [-0.15, -0.1) is 6.42 Å². The summed E-state index contributed by atoms with van der Waals surface area (Å²) in [5, 5.41) is 5.85. The number of rotatable bonds is 6. The minimum atomic E-state index is -4.04. The number of aromatic nitrogens is 2. The second-order valence-electron chi connectivity index (χ2n) is 6.20. The molecule has 3 aromatic rings. The van der Waals surface area contributed by atoms with Crippen LogP contribution in [0, 0.1) is 19.3 Å². The van der Waals surface area contributed by atoms with Crippen molar-refractivity contribution < 1.29 is 22.5 Å². The van der Waals surface area contributed by atoms with Crippen molar-refractivity contribution in [2.75, 3.05) is 16.8 Å². The molecule has 0 unspecified atom stereocenters. The van der Waals surface area contributed by atoms with Crippen LogP contribution in [0.1, 0.15) is 5.76 Å². The molecule has 9 nitrogen and oxygen atoms in total. The summed E-state index contributed by atoms with van der Waals surface area (Å²) in [7, 11) is -4.04. The molecule has 0 aliphatic rings. The van der Waals surface area contributed by atoms with Crippen LogP contribution in [0.15, 0.2) is 38.3 Å². The highest BCUT2D eigenvalue weighted by molar-refractivity contribution is 9.10. The number of anilines is 1. The number of carbonyl (C=O) groups is 2. The lowest BCUT2D eigenvalue weighted by atomic mass is 10.3. The molecular formula is C18H15BrN4O5S2. The number of thiazole rings is 1. The fourth-order valence-electron chi connectivity index (χ4n) is 2.56. The van der Waals surface area contributed by atoms with Gasteiger partial charge in [-0.25, -0.2) is 8.42 Å². The van der Waals surface area contributed by atoms with E-state index in [2.05, 4.69) is 37.3 Å². The normalized spacial score (nSPS) is 12.1. The molecule has 0 aliphatic heterocycles. The van der Waals surface area contributed by atoms with E-state index >= 15 is 0 Å². The molecule has 156 valence electrons. The molecular weight excluding hydrogens is 496 g/mol.